The molecule has 2 atom stereocenters. The number of benzene rings is 1. The van der Waals surface area contributed by atoms with Crippen molar-refractivity contribution in [3.05, 3.63) is 30.3 Å². The lowest BCUT2D eigenvalue weighted by Crippen LogP contribution is -2.33. The number of hydrogen-bond donors (Lipinski definition) is 1. The number of thioether (sulfide) groups is 1. The van der Waals surface area contributed by atoms with E-state index in [0.29, 0.717) is 5.92 Å². The first-order chi connectivity index (χ1) is 8.81. The Labute approximate surface area is 114 Å². The molecule has 1 fully saturated rings. The van der Waals surface area contributed by atoms with Crippen LogP contribution in [-0.2, 0) is 4.74 Å². The summed E-state index contributed by atoms with van der Waals surface area (Å²) in [5.41, 5.74) is -0.157. The molecule has 1 aliphatic carbocycles. The lowest BCUT2D eigenvalue weighted by atomic mass is 9.85. The van der Waals surface area contributed by atoms with E-state index in [1.54, 1.807) is 18.9 Å². The normalized spacial score (nSPS) is 20.6. The molecule has 100 valence electrons. The second-order valence-corrected chi connectivity index (χ2v) is 6.10. The lowest BCUT2D eigenvalue weighted by molar-refractivity contribution is -0.00496. The molecule has 0 heterocycles. The minimum atomic E-state index is -0.361. The molecule has 1 aromatic rings. The molecule has 0 amide bonds. The predicted molar refractivity (Wildman–Crippen MR) is 75.7 cm³/mol. The topological polar surface area (TPSA) is 29.5 Å². The number of rotatable bonds is 5. The highest BCUT2D eigenvalue weighted by Crippen LogP contribution is 2.34. The summed E-state index contributed by atoms with van der Waals surface area (Å²) in [4.78, 5) is 1.15. The van der Waals surface area contributed by atoms with Gasteiger partial charge in [-0.3, -0.25) is 0 Å². The maximum atomic E-state index is 10.4. The molecule has 0 radical (unpaired) electrons. The van der Waals surface area contributed by atoms with Gasteiger partial charge in [-0.15, -0.1) is 0 Å². The molecule has 2 nitrogen and oxygen atoms in total. The molecule has 0 aromatic heterocycles. The summed E-state index contributed by atoms with van der Waals surface area (Å²) in [6, 6.07) is 10.2. The van der Waals surface area contributed by atoms with Crippen LogP contribution in [-0.4, -0.2) is 23.8 Å². The second kappa shape index (κ2) is 7.17. The summed E-state index contributed by atoms with van der Waals surface area (Å²) < 4.78 is 5.48. The first-order valence-corrected chi connectivity index (χ1v) is 7.62. The smallest absolute Gasteiger partial charge is 0.133 e. The summed E-state index contributed by atoms with van der Waals surface area (Å²) in [5.74, 6) is 0.403. The molecular weight excluding hydrogens is 244 g/mol. The van der Waals surface area contributed by atoms with E-state index in [1.165, 1.54) is 19.3 Å². The van der Waals surface area contributed by atoms with Crippen molar-refractivity contribution in [1.82, 2.24) is 0 Å². The molecule has 1 N–H and O–H groups in total. The van der Waals surface area contributed by atoms with E-state index in [4.69, 9.17) is 4.74 Å². The van der Waals surface area contributed by atoms with E-state index >= 15 is 0 Å². The molecule has 0 saturated heterocycles. The van der Waals surface area contributed by atoms with Crippen molar-refractivity contribution in [3.63, 3.8) is 0 Å². The highest BCUT2D eigenvalue weighted by atomic mass is 32.2. The van der Waals surface area contributed by atoms with Crippen LogP contribution >= 0.6 is 11.8 Å². The van der Waals surface area contributed by atoms with Gasteiger partial charge in [0.2, 0.25) is 0 Å². The van der Waals surface area contributed by atoms with Gasteiger partial charge in [-0.2, -0.15) is 0 Å². The minimum Gasteiger partial charge on any atom is -0.389 e. The van der Waals surface area contributed by atoms with Crippen LogP contribution in [0.2, 0.25) is 0 Å². The molecule has 18 heavy (non-hydrogen) atoms. The average molecular weight is 266 g/mol. The van der Waals surface area contributed by atoms with Gasteiger partial charge in [0.05, 0.1) is 6.10 Å². The Balaban J connectivity index is 1.94. The Kier molecular flexibility index (Phi) is 5.54. The fraction of sp³-hybridized carbons (Fsp3) is 0.600. The van der Waals surface area contributed by atoms with Crippen LogP contribution in [0.4, 0.5) is 0 Å². The van der Waals surface area contributed by atoms with Crippen molar-refractivity contribution in [1.29, 1.82) is 0 Å². The molecule has 0 aliphatic heterocycles. The van der Waals surface area contributed by atoms with Crippen molar-refractivity contribution in [2.24, 2.45) is 5.92 Å². The van der Waals surface area contributed by atoms with Gasteiger partial charge in [0, 0.05) is 12.0 Å². The fourth-order valence-corrected chi connectivity index (χ4v) is 3.63. The number of methoxy groups -OCH3 is 1. The Morgan fingerprint density at radius 3 is 2.44 bits per heavy atom. The van der Waals surface area contributed by atoms with E-state index in [9.17, 15) is 5.11 Å². The highest BCUT2D eigenvalue weighted by Gasteiger charge is 2.29. The highest BCUT2D eigenvalue weighted by molar-refractivity contribution is 7.99. The zero-order valence-electron chi connectivity index (χ0n) is 10.9. The maximum absolute atomic E-state index is 10.4. The standard InChI is InChI=1S/C15H22O2S/c1-17-15(18-13-10-6-3-7-11-13)14(16)12-8-4-2-5-9-12/h3,6-7,10-12,14-16H,2,4-5,8-9H2,1H3/t14-,15-/m1/s1. The summed E-state index contributed by atoms with van der Waals surface area (Å²) in [7, 11) is 1.69. The zero-order valence-corrected chi connectivity index (χ0v) is 11.7. The van der Waals surface area contributed by atoms with Crippen LogP contribution in [0.3, 0.4) is 0 Å². The van der Waals surface area contributed by atoms with Crippen LogP contribution < -0.4 is 0 Å². The third-order valence-corrected chi connectivity index (χ3v) is 4.89. The SMILES string of the molecule is CO[C@H](Sc1ccccc1)[C@H](O)C1CCCCC1. The largest absolute Gasteiger partial charge is 0.389 e. The summed E-state index contributed by atoms with van der Waals surface area (Å²) in [6.07, 6.45) is 5.71. The molecule has 1 aliphatic rings. The number of ether oxygens (including phenoxy) is 1. The first-order valence-electron chi connectivity index (χ1n) is 6.74. The third kappa shape index (κ3) is 3.74. The van der Waals surface area contributed by atoms with Gasteiger partial charge in [0.15, 0.2) is 0 Å². The molecular formula is C15H22O2S. The average Bonchev–Trinajstić information content (AvgIpc) is 2.46. The third-order valence-electron chi connectivity index (χ3n) is 3.64. The van der Waals surface area contributed by atoms with Crippen molar-refractivity contribution in [3.8, 4) is 0 Å². The van der Waals surface area contributed by atoms with Crippen molar-refractivity contribution >= 4 is 11.8 Å². The van der Waals surface area contributed by atoms with Crippen molar-refractivity contribution in [2.75, 3.05) is 7.11 Å². The molecule has 1 aromatic carbocycles. The van der Waals surface area contributed by atoms with E-state index in [2.05, 4.69) is 12.1 Å². The van der Waals surface area contributed by atoms with Crippen molar-refractivity contribution in [2.45, 2.75) is 48.5 Å². The molecule has 2 rings (SSSR count). The zero-order chi connectivity index (χ0) is 12.8. The maximum Gasteiger partial charge on any atom is 0.133 e. The van der Waals surface area contributed by atoms with Crippen molar-refractivity contribution < 1.29 is 9.84 Å². The van der Waals surface area contributed by atoms with Gasteiger partial charge < -0.3 is 9.84 Å². The Morgan fingerprint density at radius 2 is 1.83 bits per heavy atom. The van der Waals surface area contributed by atoms with Crippen LogP contribution in [0, 0.1) is 5.92 Å². The minimum absolute atomic E-state index is 0.157. The van der Waals surface area contributed by atoms with E-state index < -0.39 is 0 Å². The molecule has 0 spiro atoms. The Hall–Kier alpha value is -0.510. The summed E-state index contributed by atoms with van der Waals surface area (Å²) in [5, 5.41) is 10.4. The van der Waals surface area contributed by atoms with Gasteiger partial charge in [0.25, 0.3) is 0 Å². The van der Waals surface area contributed by atoms with Crippen LogP contribution in [0.25, 0.3) is 0 Å². The van der Waals surface area contributed by atoms with Crippen LogP contribution in [0.1, 0.15) is 32.1 Å². The van der Waals surface area contributed by atoms with E-state index in [0.717, 1.165) is 17.7 Å². The van der Waals surface area contributed by atoms with Gasteiger partial charge in [0.1, 0.15) is 5.44 Å². The Morgan fingerprint density at radius 1 is 1.17 bits per heavy atom. The fourth-order valence-electron chi connectivity index (χ4n) is 2.59. The molecule has 1 saturated carbocycles. The number of aliphatic hydroxyl groups is 1. The van der Waals surface area contributed by atoms with Crippen LogP contribution in [0.15, 0.2) is 35.2 Å². The van der Waals surface area contributed by atoms with Gasteiger partial charge in [-0.05, 0) is 30.9 Å². The van der Waals surface area contributed by atoms with Gasteiger partial charge in [-0.1, -0.05) is 49.2 Å². The van der Waals surface area contributed by atoms with E-state index in [-0.39, 0.29) is 11.5 Å². The molecule has 0 unspecified atom stereocenters. The number of hydrogen-bond acceptors (Lipinski definition) is 3. The number of aliphatic hydroxyl groups excluding tert-OH is 1. The van der Waals surface area contributed by atoms with Crippen LogP contribution in [0.5, 0.6) is 0 Å². The first kappa shape index (κ1) is 13.9. The predicted octanol–water partition coefficient (Wildman–Crippen LogP) is 3.69. The van der Waals surface area contributed by atoms with Gasteiger partial charge in [-0.25, -0.2) is 0 Å². The second-order valence-electron chi connectivity index (χ2n) is 4.92. The lowest BCUT2D eigenvalue weighted by Gasteiger charge is -2.31. The monoisotopic (exact) mass is 266 g/mol. The summed E-state index contributed by atoms with van der Waals surface area (Å²) >= 11 is 1.62. The van der Waals surface area contributed by atoms with Gasteiger partial charge >= 0.3 is 0 Å². The molecule has 3 heteroatoms. The summed E-state index contributed by atoms with van der Waals surface area (Å²) in [6.45, 7) is 0. The van der Waals surface area contributed by atoms with E-state index in [1.807, 2.05) is 18.2 Å². The molecule has 0 bridgehead atoms. The Bertz CT molecular complexity index is 336. The quantitative estimate of drug-likeness (QED) is 0.651.